The summed E-state index contributed by atoms with van der Waals surface area (Å²) in [5.41, 5.74) is 0.469. The van der Waals surface area contributed by atoms with Crippen molar-refractivity contribution in [2.45, 2.75) is 64.5 Å². The first kappa shape index (κ1) is 20.3. The monoisotopic (exact) mass is 364 g/mol. The van der Waals surface area contributed by atoms with Gasteiger partial charge in [-0.15, -0.1) is 0 Å². The van der Waals surface area contributed by atoms with Gasteiger partial charge in [0.15, 0.2) is 0 Å². The van der Waals surface area contributed by atoms with Gasteiger partial charge in [0.1, 0.15) is 11.7 Å². The van der Waals surface area contributed by atoms with Crippen molar-refractivity contribution in [2.75, 3.05) is 0 Å². The summed E-state index contributed by atoms with van der Waals surface area (Å²) in [7, 11) is 0. The average molecular weight is 364 g/mol. The van der Waals surface area contributed by atoms with E-state index in [9.17, 15) is 18.3 Å². The number of rotatable bonds is 2. The highest BCUT2D eigenvalue weighted by molar-refractivity contribution is 5.52. The van der Waals surface area contributed by atoms with Crippen LogP contribution in [0.15, 0.2) is 42.5 Å². The fourth-order valence-corrected chi connectivity index (χ4v) is 3.18. The van der Waals surface area contributed by atoms with E-state index in [4.69, 9.17) is 0 Å². The standard InChI is InChI=1S/C22H27F3O/c1-20(2,3)16-12-15(13-17(19(16)26)21(4,5)6)18(22(23,24)25)14-10-8-7-9-11-14/h7-13,18,26H,1-6H3. The van der Waals surface area contributed by atoms with Gasteiger partial charge >= 0.3 is 6.18 Å². The topological polar surface area (TPSA) is 20.2 Å². The fourth-order valence-electron chi connectivity index (χ4n) is 3.18. The van der Waals surface area contributed by atoms with Crippen LogP contribution in [0.4, 0.5) is 13.2 Å². The molecule has 0 saturated carbocycles. The Hall–Kier alpha value is -1.97. The van der Waals surface area contributed by atoms with E-state index < -0.39 is 22.9 Å². The molecule has 26 heavy (non-hydrogen) atoms. The second kappa shape index (κ2) is 6.64. The number of halogens is 3. The summed E-state index contributed by atoms with van der Waals surface area (Å²) in [4.78, 5) is 0. The zero-order valence-electron chi connectivity index (χ0n) is 16.2. The van der Waals surface area contributed by atoms with E-state index in [1.165, 1.54) is 24.3 Å². The van der Waals surface area contributed by atoms with E-state index >= 15 is 0 Å². The number of aromatic hydroxyl groups is 1. The lowest BCUT2D eigenvalue weighted by Crippen LogP contribution is -2.24. The van der Waals surface area contributed by atoms with E-state index in [0.29, 0.717) is 11.1 Å². The van der Waals surface area contributed by atoms with Gasteiger partial charge in [-0.1, -0.05) is 84.0 Å². The van der Waals surface area contributed by atoms with Crippen molar-refractivity contribution in [2.24, 2.45) is 0 Å². The molecule has 0 radical (unpaired) electrons. The SMILES string of the molecule is CC(C)(C)c1cc(C(c2ccccc2)C(F)(F)F)cc(C(C)(C)C)c1O. The second-order valence-electron chi connectivity index (χ2n) is 8.85. The lowest BCUT2D eigenvalue weighted by Gasteiger charge is -2.30. The van der Waals surface area contributed by atoms with Crippen LogP contribution in [0.3, 0.4) is 0 Å². The smallest absolute Gasteiger partial charge is 0.399 e. The molecule has 0 saturated heterocycles. The Morgan fingerprint density at radius 3 is 1.50 bits per heavy atom. The van der Waals surface area contributed by atoms with E-state index in [1.807, 2.05) is 41.5 Å². The van der Waals surface area contributed by atoms with Crippen molar-refractivity contribution < 1.29 is 18.3 Å². The van der Waals surface area contributed by atoms with Gasteiger partial charge in [-0.3, -0.25) is 0 Å². The van der Waals surface area contributed by atoms with Crippen LogP contribution in [0.25, 0.3) is 0 Å². The van der Waals surface area contributed by atoms with Crippen LogP contribution in [0.5, 0.6) is 5.75 Å². The molecule has 0 heterocycles. The van der Waals surface area contributed by atoms with Crippen molar-refractivity contribution in [1.82, 2.24) is 0 Å². The molecule has 2 aromatic carbocycles. The molecular formula is C22H27F3O. The van der Waals surface area contributed by atoms with E-state index in [1.54, 1.807) is 18.2 Å². The quantitative estimate of drug-likeness (QED) is 0.630. The summed E-state index contributed by atoms with van der Waals surface area (Å²) >= 11 is 0. The molecule has 2 aromatic rings. The number of hydrogen-bond acceptors (Lipinski definition) is 1. The zero-order chi connectivity index (χ0) is 19.9. The van der Waals surface area contributed by atoms with Crippen LogP contribution in [-0.2, 0) is 10.8 Å². The molecule has 142 valence electrons. The molecule has 1 nitrogen and oxygen atoms in total. The predicted molar refractivity (Wildman–Crippen MR) is 99.8 cm³/mol. The van der Waals surface area contributed by atoms with Gasteiger partial charge in [0.05, 0.1) is 0 Å². The molecular weight excluding hydrogens is 337 g/mol. The largest absolute Gasteiger partial charge is 0.507 e. The van der Waals surface area contributed by atoms with Gasteiger partial charge in [-0.25, -0.2) is 0 Å². The third-order valence-electron chi connectivity index (χ3n) is 4.54. The van der Waals surface area contributed by atoms with Crippen molar-refractivity contribution in [3.63, 3.8) is 0 Å². The Morgan fingerprint density at radius 2 is 1.15 bits per heavy atom. The van der Waals surface area contributed by atoms with Crippen molar-refractivity contribution >= 4 is 0 Å². The normalized spacial score (nSPS) is 14.3. The van der Waals surface area contributed by atoms with Crippen LogP contribution >= 0.6 is 0 Å². The van der Waals surface area contributed by atoms with Gasteiger partial charge in [0, 0.05) is 0 Å². The number of benzene rings is 2. The Balaban J connectivity index is 2.82. The molecule has 2 rings (SSSR count). The maximum absolute atomic E-state index is 14.0. The van der Waals surface area contributed by atoms with Crippen LogP contribution < -0.4 is 0 Å². The first-order valence-electron chi connectivity index (χ1n) is 8.72. The third kappa shape index (κ3) is 4.22. The second-order valence-corrected chi connectivity index (χ2v) is 8.85. The summed E-state index contributed by atoms with van der Waals surface area (Å²) in [5, 5.41) is 10.8. The minimum Gasteiger partial charge on any atom is -0.507 e. The Kier molecular flexibility index (Phi) is 5.19. The Morgan fingerprint density at radius 1 is 0.731 bits per heavy atom. The molecule has 1 unspecified atom stereocenters. The molecule has 0 aliphatic carbocycles. The minimum atomic E-state index is -4.43. The molecule has 0 bridgehead atoms. The minimum absolute atomic E-state index is 0.0859. The van der Waals surface area contributed by atoms with Gasteiger partial charge in [-0.05, 0) is 33.1 Å². The van der Waals surface area contributed by atoms with Crippen molar-refractivity contribution in [3.8, 4) is 5.75 Å². The summed E-state index contributed by atoms with van der Waals surface area (Å²) in [6.07, 6.45) is -4.43. The third-order valence-corrected chi connectivity index (χ3v) is 4.54. The summed E-state index contributed by atoms with van der Waals surface area (Å²) in [6.45, 7) is 11.4. The maximum Gasteiger partial charge on any atom is 0.399 e. The molecule has 1 atom stereocenters. The van der Waals surface area contributed by atoms with Crippen LogP contribution in [0, 0.1) is 0 Å². The first-order valence-corrected chi connectivity index (χ1v) is 8.72. The van der Waals surface area contributed by atoms with E-state index in [-0.39, 0.29) is 16.9 Å². The molecule has 0 amide bonds. The van der Waals surface area contributed by atoms with Gasteiger partial charge in [-0.2, -0.15) is 13.2 Å². The van der Waals surface area contributed by atoms with Gasteiger partial charge < -0.3 is 5.11 Å². The summed E-state index contributed by atoms with van der Waals surface area (Å²) in [5.74, 6) is -1.64. The molecule has 0 aliphatic rings. The highest BCUT2D eigenvalue weighted by atomic mass is 19.4. The molecule has 0 fully saturated rings. The number of alkyl halides is 3. The molecule has 0 aromatic heterocycles. The number of phenols is 1. The van der Waals surface area contributed by atoms with Gasteiger partial charge in [0.25, 0.3) is 0 Å². The lowest BCUT2D eigenvalue weighted by molar-refractivity contribution is -0.141. The highest BCUT2D eigenvalue weighted by Gasteiger charge is 2.43. The number of hydrogen-bond donors (Lipinski definition) is 1. The van der Waals surface area contributed by atoms with Crippen molar-refractivity contribution in [1.29, 1.82) is 0 Å². The van der Waals surface area contributed by atoms with Crippen molar-refractivity contribution in [3.05, 3.63) is 64.7 Å². The summed E-state index contributed by atoms with van der Waals surface area (Å²) in [6, 6.07) is 10.9. The maximum atomic E-state index is 14.0. The molecule has 0 aliphatic heterocycles. The fraction of sp³-hybridized carbons (Fsp3) is 0.455. The van der Waals surface area contributed by atoms with Crippen LogP contribution in [0.2, 0.25) is 0 Å². The Bertz CT molecular complexity index is 728. The average Bonchev–Trinajstić information content (AvgIpc) is 2.46. The Labute approximate surface area is 153 Å². The van der Waals surface area contributed by atoms with Crippen LogP contribution in [-0.4, -0.2) is 11.3 Å². The van der Waals surface area contributed by atoms with E-state index in [2.05, 4.69) is 0 Å². The molecule has 1 N–H and O–H groups in total. The predicted octanol–water partition coefficient (Wildman–Crippen LogP) is 6.68. The van der Waals surface area contributed by atoms with E-state index in [0.717, 1.165) is 0 Å². The highest BCUT2D eigenvalue weighted by Crippen LogP contribution is 2.46. The number of phenolic OH excluding ortho intramolecular Hbond substituents is 1. The van der Waals surface area contributed by atoms with Gasteiger partial charge in [0.2, 0.25) is 0 Å². The molecule has 4 heteroatoms. The first-order chi connectivity index (χ1) is 11.7. The lowest BCUT2D eigenvalue weighted by atomic mass is 9.76. The van der Waals surface area contributed by atoms with Crippen LogP contribution in [0.1, 0.15) is 69.7 Å². The molecule has 0 spiro atoms. The zero-order valence-corrected chi connectivity index (χ0v) is 16.2. The summed E-state index contributed by atoms with van der Waals surface area (Å²) < 4.78 is 42.0.